The van der Waals surface area contributed by atoms with Gasteiger partial charge in [0.25, 0.3) is 0 Å². The maximum absolute atomic E-state index is 5.96. The van der Waals surface area contributed by atoms with Gasteiger partial charge < -0.3 is 14.2 Å². The van der Waals surface area contributed by atoms with Crippen molar-refractivity contribution in [2.75, 3.05) is 0 Å². The molecular formula is C33H33N3O3. The Hall–Kier alpha value is -4.71. The number of rotatable bonds is 11. The molecule has 6 heteroatoms. The third-order valence-corrected chi connectivity index (χ3v) is 5.40. The summed E-state index contributed by atoms with van der Waals surface area (Å²) in [7, 11) is 0. The Morgan fingerprint density at radius 2 is 0.897 bits per heavy atom. The summed E-state index contributed by atoms with van der Waals surface area (Å²) in [6, 6.07) is 23.2. The third-order valence-electron chi connectivity index (χ3n) is 5.40. The molecule has 0 fully saturated rings. The van der Waals surface area contributed by atoms with E-state index >= 15 is 0 Å². The largest absolute Gasteiger partial charge is 0.424 e. The summed E-state index contributed by atoms with van der Waals surface area (Å²) in [5, 5.41) is 0. The summed E-state index contributed by atoms with van der Waals surface area (Å²) in [6.07, 6.45) is 3.70. The number of hydrogen-bond donors (Lipinski definition) is 0. The molecule has 4 rings (SSSR count). The monoisotopic (exact) mass is 519 g/mol. The Morgan fingerprint density at radius 3 is 1.21 bits per heavy atom. The van der Waals surface area contributed by atoms with E-state index in [1.54, 1.807) is 0 Å². The van der Waals surface area contributed by atoms with Gasteiger partial charge in [-0.2, -0.15) is 0 Å². The van der Waals surface area contributed by atoms with Crippen LogP contribution in [0.1, 0.15) is 44.4 Å². The van der Waals surface area contributed by atoms with Crippen molar-refractivity contribution in [3.8, 4) is 35.3 Å². The molecule has 3 aromatic carbocycles. The molecule has 0 saturated heterocycles. The van der Waals surface area contributed by atoms with E-state index in [2.05, 4.69) is 48.0 Å². The van der Waals surface area contributed by atoms with E-state index in [-0.39, 0.29) is 18.0 Å². The van der Waals surface area contributed by atoms with Crippen LogP contribution in [0.2, 0.25) is 0 Å². The summed E-state index contributed by atoms with van der Waals surface area (Å²) in [5.41, 5.74) is 6.76. The molecule has 0 bridgehead atoms. The predicted molar refractivity (Wildman–Crippen MR) is 156 cm³/mol. The van der Waals surface area contributed by atoms with Gasteiger partial charge in [-0.25, -0.2) is 0 Å². The Labute approximate surface area is 230 Å². The molecule has 0 unspecified atom stereocenters. The Morgan fingerprint density at radius 1 is 0.564 bits per heavy atom. The number of hydrogen-bond acceptors (Lipinski definition) is 6. The topological polar surface area (TPSA) is 66.4 Å². The lowest BCUT2D eigenvalue weighted by molar-refractivity contribution is 0.362. The Bertz CT molecular complexity index is 1390. The zero-order chi connectivity index (χ0) is 27.8. The van der Waals surface area contributed by atoms with Crippen LogP contribution in [0.25, 0.3) is 6.08 Å². The number of allylic oxidation sites excluding steroid dienone is 3. The van der Waals surface area contributed by atoms with Gasteiger partial charge in [-0.3, -0.25) is 0 Å². The van der Waals surface area contributed by atoms with Crippen molar-refractivity contribution < 1.29 is 14.2 Å². The molecule has 0 aliphatic carbocycles. The first kappa shape index (κ1) is 27.3. The van der Waals surface area contributed by atoms with E-state index in [4.69, 9.17) is 14.2 Å². The van der Waals surface area contributed by atoms with E-state index in [0.717, 1.165) is 40.7 Å². The smallest absolute Gasteiger partial charge is 0.331 e. The first-order valence-electron chi connectivity index (χ1n) is 12.7. The average Bonchev–Trinajstić information content (AvgIpc) is 2.87. The fraction of sp³-hybridized carbons (Fsp3) is 0.182. The maximum Gasteiger partial charge on any atom is 0.331 e. The van der Waals surface area contributed by atoms with Crippen LogP contribution >= 0.6 is 0 Å². The first-order chi connectivity index (χ1) is 18.7. The van der Waals surface area contributed by atoms with Gasteiger partial charge in [0.2, 0.25) is 0 Å². The van der Waals surface area contributed by atoms with Gasteiger partial charge in [0.15, 0.2) is 0 Å². The van der Waals surface area contributed by atoms with Crippen molar-refractivity contribution in [2.24, 2.45) is 0 Å². The Balaban J connectivity index is 1.58. The lowest BCUT2D eigenvalue weighted by Gasteiger charge is -2.10. The van der Waals surface area contributed by atoms with E-state index in [9.17, 15) is 0 Å². The molecule has 0 atom stereocenters. The molecular weight excluding hydrogens is 486 g/mol. The lowest BCUT2D eigenvalue weighted by atomic mass is 10.1. The zero-order valence-electron chi connectivity index (χ0n) is 22.9. The van der Waals surface area contributed by atoms with Crippen LogP contribution in [0.5, 0.6) is 35.3 Å². The van der Waals surface area contributed by atoms with Gasteiger partial charge >= 0.3 is 18.0 Å². The van der Waals surface area contributed by atoms with Crippen molar-refractivity contribution in [1.82, 2.24) is 15.0 Å². The van der Waals surface area contributed by atoms with Gasteiger partial charge in [0, 0.05) is 0 Å². The molecule has 0 aliphatic heterocycles. The van der Waals surface area contributed by atoms with Crippen LogP contribution in [0.15, 0.2) is 103 Å². The second kappa shape index (κ2) is 12.7. The summed E-state index contributed by atoms with van der Waals surface area (Å²) in [5.74, 6) is 1.75. The van der Waals surface area contributed by atoms with Crippen LogP contribution in [-0.2, 0) is 12.8 Å². The maximum atomic E-state index is 5.96. The number of nitrogens with zero attached hydrogens (tertiary/aromatic N) is 3. The highest BCUT2D eigenvalue weighted by atomic mass is 16.5. The quantitative estimate of drug-likeness (QED) is 0.184. The van der Waals surface area contributed by atoms with Crippen LogP contribution in [0.3, 0.4) is 0 Å². The van der Waals surface area contributed by atoms with Crippen molar-refractivity contribution >= 4 is 6.08 Å². The summed E-state index contributed by atoms with van der Waals surface area (Å²) < 4.78 is 17.9. The normalized spacial score (nSPS) is 10.5. The first-order valence-corrected chi connectivity index (χ1v) is 12.7. The zero-order valence-corrected chi connectivity index (χ0v) is 22.9. The molecule has 0 spiro atoms. The van der Waals surface area contributed by atoms with E-state index < -0.39 is 0 Å². The second-order valence-corrected chi connectivity index (χ2v) is 9.84. The minimum absolute atomic E-state index is 0.0581. The van der Waals surface area contributed by atoms with Crippen molar-refractivity contribution in [3.05, 3.63) is 119 Å². The standard InChI is InChI=1S/C33H33N3O3/c1-22(2)19-25-7-13-28(14-8-25)37-31-34-32(38-29-15-9-26(10-16-29)20-23(3)4)36-33(35-31)39-30-17-11-27(12-18-30)21-24(5)6/h7-18,21H,1,3,19-20H2,2,4-6H3. The molecule has 1 aromatic heterocycles. The average molecular weight is 520 g/mol. The lowest BCUT2D eigenvalue weighted by Crippen LogP contribution is -2.01. The van der Waals surface area contributed by atoms with Crippen LogP contribution in [-0.4, -0.2) is 15.0 Å². The highest BCUT2D eigenvalue weighted by Gasteiger charge is 2.13. The third kappa shape index (κ3) is 8.68. The molecule has 6 nitrogen and oxygen atoms in total. The van der Waals surface area contributed by atoms with Gasteiger partial charge in [0.1, 0.15) is 17.2 Å². The molecule has 39 heavy (non-hydrogen) atoms. The molecule has 0 aliphatic rings. The molecule has 0 amide bonds. The van der Waals surface area contributed by atoms with E-state index in [1.807, 2.05) is 86.6 Å². The highest BCUT2D eigenvalue weighted by molar-refractivity contribution is 5.53. The fourth-order valence-electron chi connectivity index (χ4n) is 3.79. The van der Waals surface area contributed by atoms with Crippen LogP contribution < -0.4 is 14.2 Å². The minimum Gasteiger partial charge on any atom is -0.424 e. The molecule has 4 aromatic rings. The van der Waals surface area contributed by atoms with Crippen LogP contribution in [0, 0.1) is 0 Å². The second-order valence-electron chi connectivity index (χ2n) is 9.84. The fourth-order valence-corrected chi connectivity index (χ4v) is 3.79. The van der Waals surface area contributed by atoms with E-state index in [0.29, 0.717) is 17.2 Å². The molecule has 1 heterocycles. The highest BCUT2D eigenvalue weighted by Crippen LogP contribution is 2.28. The predicted octanol–water partition coefficient (Wildman–Crippen LogP) is 8.91. The van der Waals surface area contributed by atoms with E-state index in [1.165, 1.54) is 5.57 Å². The summed E-state index contributed by atoms with van der Waals surface area (Å²) >= 11 is 0. The number of ether oxygens (including phenoxy) is 3. The van der Waals surface area contributed by atoms with Gasteiger partial charge in [-0.05, 0) is 93.6 Å². The minimum atomic E-state index is 0.0581. The number of aromatic nitrogens is 3. The molecule has 0 radical (unpaired) electrons. The number of benzene rings is 3. The van der Waals surface area contributed by atoms with Crippen molar-refractivity contribution in [2.45, 2.75) is 40.5 Å². The molecule has 0 saturated carbocycles. The van der Waals surface area contributed by atoms with Gasteiger partial charge in [0.05, 0.1) is 0 Å². The molecule has 0 N–H and O–H groups in total. The molecule has 198 valence electrons. The van der Waals surface area contributed by atoms with Gasteiger partial charge in [-0.15, -0.1) is 15.0 Å². The Kier molecular flexibility index (Phi) is 8.90. The SMILES string of the molecule is C=C(C)Cc1ccc(Oc2nc(Oc3ccc(C=C(C)C)cc3)nc(Oc3ccc(CC(=C)C)cc3)n2)cc1. The van der Waals surface area contributed by atoms with Crippen molar-refractivity contribution in [1.29, 1.82) is 0 Å². The summed E-state index contributed by atoms with van der Waals surface area (Å²) in [4.78, 5) is 13.1. The summed E-state index contributed by atoms with van der Waals surface area (Å²) in [6.45, 7) is 16.1. The van der Waals surface area contributed by atoms with Gasteiger partial charge in [-0.1, -0.05) is 72.4 Å². The van der Waals surface area contributed by atoms with Crippen molar-refractivity contribution in [3.63, 3.8) is 0 Å². The van der Waals surface area contributed by atoms with Crippen LogP contribution in [0.4, 0.5) is 0 Å².